The van der Waals surface area contributed by atoms with Crippen LogP contribution < -0.4 is 0 Å². The Labute approximate surface area is 352 Å². The van der Waals surface area contributed by atoms with Gasteiger partial charge in [0.1, 0.15) is 0 Å². The van der Waals surface area contributed by atoms with Gasteiger partial charge in [0.15, 0.2) is 0 Å². The zero-order valence-corrected chi connectivity index (χ0v) is 35.9. The molecular weight excluding hydrogens is 725 g/mol. The number of hydrogen-bond acceptors (Lipinski definition) is 3. The van der Waals surface area contributed by atoms with Crippen LogP contribution in [0.5, 0.6) is 0 Å². The van der Waals surface area contributed by atoms with Gasteiger partial charge in [-0.25, -0.2) is 0 Å². The predicted octanol–water partition coefficient (Wildman–Crippen LogP) is 13.3. The summed E-state index contributed by atoms with van der Waals surface area (Å²) in [5.41, 5.74) is 5.28. The first-order valence-corrected chi connectivity index (χ1v) is 23.8. The predicted molar refractivity (Wildman–Crippen MR) is 244 cm³/mol. The van der Waals surface area contributed by atoms with Gasteiger partial charge in [0.05, 0.1) is 24.4 Å². The van der Waals surface area contributed by atoms with Crippen molar-refractivity contribution in [2.45, 2.75) is 135 Å². The number of aliphatic hydroxyl groups is 1. The Hall–Kier alpha value is -3.64. The molecule has 0 aliphatic heterocycles. The molecule has 0 saturated heterocycles. The summed E-state index contributed by atoms with van der Waals surface area (Å²) in [6.07, 6.45) is 15.6. The fourth-order valence-corrected chi connectivity index (χ4v) is 13.6. The summed E-state index contributed by atoms with van der Waals surface area (Å²) in [5, 5.41) is 17.7. The third-order valence-corrected chi connectivity index (χ3v) is 16.2. The maximum atomic E-state index is 12.4. The minimum atomic E-state index is -0.384. The SMILES string of the molecule is CC1CC(C2CCCCC2OCCCOC2CCCCC2C2CC(C)CC(n3c4ccccc4c4ccccc43)C2O)C(C)C(n2c3ccccc3c3ccccc32)C1. The second-order valence-electron chi connectivity index (χ2n) is 19.8. The van der Waals surface area contributed by atoms with E-state index in [0.29, 0.717) is 47.7 Å². The van der Waals surface area contributed by atoms with Crippen LogP contribution in [0.25, 0.3) is 43.6 Å². The van der Waals surface area contributed by atoms with Crippen LogP contribution >= 0.6 is 0 Å². The Kier molecular flexibility index (Phi) is 11.4. The Morgan fingerprint density at radius 3 is 1.36 bits per heavy atom. The van der Waals surface area contributed by atoms with Gasteiger partial charge >= 0.3 is 0 Å². The maximum Gasteiger partial charge on any atom is 0.0779 e. The van der Waals surface area contributed by atoms with Crippen molar-refractivity contribution >= 4 is 43.6 Å². The first-order valence-electron chi connectivity index (χ1n) is 23.8. The zero-order chi connectivity index (χ0) is 40.0. The van der Waals surface area contributed by atoms with Gasteiger partial charge in [-0.05, 0) is 123 Å². The molecule has 4 aliphatic carbocycles. The van der Waals surface area contributed by atoms with Gasteiger partial charge in [-0.15, -0.1) is 0 Å². The molecule has 0 bridgehead atoms. The van der Waals surface area contributed by atoms with Crippen molar-refractivity contribution in [3.05, 3.63) is 97.1 Å². The Bertz CT molecular complexity index is 2090. The molecule has 1 N–H and O–H groups in total. The lowest BCUT2D eigenvalue weighted by atomic mass is 9.63. The standard InChI is InChI=1S/C54H68N2O3/c1-35-31-44(37(3)50(33-35)55-46-23-10-4-17-38(46)39-18-5-11-24-47(39)55)42-21-8-14-27-52(42)58-29-16-30-59-53-28-15-9-22-43(53)45-32-36(2)34-51(54(45)57)56-48-25-12-6-19-40(48)41-20-7-13-26-49(41)56/h4-7,10-13,17-20,23-26,35-37,42-45,50-54,57H,8-9,14-16,21-22,27-34H2,1-3H3. The summed E-state index contributed by atoms with van der Waals surface area (Å²) in [4.78, 5) is 0. The van der Waals surface area contributed by atoms with Crippen LogP contribution in [0, 0.1) is 41.4 Å². The van der Waals surface area contributed by atoms with Crippen LogP contribution in [-0.4, -0.2) is 45.8 Å². The molecule has 2 aromatic heterocycles. The molecule has 312 valence electrons. The molecule has 10 rings (SSSR count). The highest BCUT2D eigenvalue weighted by Gasteiger charge is 2.45. The lowest BCUT2D eigenvalue weighted by Crippen LogP contribution is -2.46. The van der Waals surface area contributed by atoms with Gasteiger partial charge in [0.25, 0.3) is 0 Å². The lowest BCUT2D eigenvalue weighted by molar-refractivity contribution is -0.0948. The number of hydrogen-bond donors (Lipinski definition) is 1. The summed E-state index contributed by atoms with van der Waals surface area (Å²) < 4.78 is 19.1. The summed E-state index contributed by atoms with van der Waals surface area (Å²) >= 11 is 0. The van der Waals surface area contributed by atoms with E-state index in [9.17, 15) is 5.11 Å². The van der Waals surface area contributed by atoms with Crippen molar-refractivity contribution < 1.29 is 14.6 Å². The van der Waals surface area contributed by atoms with E-state index in [0.717, 1.165) is 45.3 Å². The number of benzene rings is 4. The zero-order valence-electron chi connectivity index (χ0n) is 35.9. The number of aliphatic hydroxyl groups excluding tert-OH is 1. The first-order chi connectivity index (χ1) is 29.0. The van der Waals surface area contributed by atoms with Gasteiger partial charge in [0, 0.05) is 62.9 Å². The van der Waals surface area contributed by atoms with Crippen molar-refractivity contribution in [3.8, 4) is 0 Å². The molecule has 4 aliphatic rings. The summed E-state index contributed by atoms with van der Waals surface area (Å²) in [6.45, 7) is 9.02. The Morgan fingerprint density at radius 1 is 0.475 bits per heavy atom. The summed E-state index contributed by atoms with van der Waals surface area (Å²) in [7, 11) is 0. The van der Waals surface area contributed by atoms with E-state index >= 15 is 0 Å². The lowest BCUT2D eigenvalue weighted by Gasteiger charge is -2.47. The molecule has 12 atom stereocenters. The second-order valence-corrected chi connectivity index (χ2v) is 19.8. The van der Waals surface area contributed by atoms with Crippen LogP contribution in [0.2, 0.25) is 0 Å². The van der Waals surface area contributed by atoms with Crippen molar-refractivity contribution in [2.75, 3.05) is 13.2 Å². The van der Waals surface area contributed by atoms with Gasteiger partial charge in [-0.3, -0.25) is 0 Å². The van der Waals surface area contributed by atoms with E-state index in [1.807, 2.05) is 0 Å². The maximum absolute atomic E-state index is 12.4. The van der Waals surface area contributed by atoms with E-state index < -0.39 is 0 Å². The van der Waals surface area contributed by atoms with Crippen LogP contribution in [0.3, 0.4) is 0 Å². The average molecular weight is 793 g/mol. The number of aromatic nitrogens is 2. The monoisotopic (exact) mass is 793 g/mol. The van der Waals surface area contributed by atoms with Gasteiger partial charge in [-0.1, -0.05) is 119 Å². The molecule has 12 unspecified atom stereocenters. The van der Waals surface area contributed by atoms with Crippen LogP contribution in [0.15, 0.2) is 97.1 Å². The molecule has 2 heterocycles. The highest BCUT2D eigenvalue weighted by molar-refractivity contribution is 6.09. The molecule has 5 heteroatoms. The molecule has 4 aromatic carbocycles. The minimum Gasteiger partial charge on any atom is -0.391 e. The molecule has 0 radical (unpaired) electrons. The largest absolute Gasteiger partial charge is 0.391 e. The van der Waals surface area contributed by atoms with Gasteiger partial charge < -0.3 is 23.7 Å². The summed E-state index contributed by atoms with van der Waals surface area (Å²) in [5.74, 6) is 3.79. The quantitative estimate of drug-likeness (QED) is 0.141. The molecule has 4 fully saturated rings. The Balaban J connectivity index is 0.797. The number of rotatable bonds is 10. The third kappa shape index (κ3) is 7.35. The van der Waals surface area contributed by atoms with Crippen LogP contribution in [0.4, 0.5) is 0 Å². The number of nitrogens with zero attached hydrogens (tertiary/aromatic N) is 2. The minimum absolute atomic E-state index is 0.0695. The van der Waals surface area contributed by atoms with Crippen molar-refractivity contribution in [3.63, 3.8) is 0 Å². The van der Waals surface area contributed by atoms with Gasteiger partial charge in [-0.2, -0.15) is 0 Å². The van der Waals surface area contributed by atoms with E-state index in [1.54, 1.807) is 0 Å². The summed E-state index contributed by atoms with van der Waals surface area (Å²) in [6, 6.07) is 36.3. The Morgan fingerprint density at radius 2 is 0.864 bits per heavy atom. The third-order valence-electron chi connectivity index (χ3n) is 16.2. The van der Waals surface area contributed by atoms with E-state index in [-0.39, 0.29) is 24.2 Å². The molecule has 0 amide bonds. The van der Waals surface area contributed by atoms with Crippen molar-refractivity contribution in [2.24, 2.45) is 41.4 Å². The average Bonchev–Trinajstić information content (AvgIpc) is 3.78. The smallest absolute Gasteiger partial charge is 0.0779 e. The molecular formula is C54H68N2O3. The molecule has 5 nitrogen and oxygen atoms in total. The fourth-order valence-electron chi connectivity index (χ4n) is 13.6. The first kappa shape index (κ1) is 39.5. The topological polar surface area (TPSA) is 48.6 Å². The molecule has 0 spiro atoms. The molecule has 59 heavy (non-hydrogen) atoms. The highest BCUT2D eigenvalue weighted by Crippen LogP contribution is 2.51. The van der Waals surface area contributed by atoms with E-state index in [2.05, 4.69) is 127 Å². The van der Waals surface area contributed by atoms with Crippen LogP contribution in [0.1, 0.15) is 116 Å². The normalized spacial score (nSPS) is 33.3. The highest BCUT2D eigenvalue weighted by atomic mass is 16.5. The number of fused-ring (bicyclic) bond motifs is 6. The van der Waals surface area contributed by atoms with Crippen molar-refractivity contribution in [1.82, 2.24) is 9.13 Å². The van der Waals surface area contributed by atoms with E-state index in [1.165, 1.54) is 95.0 Å². The van der Waals surface area contributed by atoms with Crippen LogP contribution in [-0.2, 0) is 9.47 Å². The fraction of sp³-hybridized carbons (Fsp3) is 0.556. The second kappa shape index (κ2) is 17.0. The number of para-hydroxylation sites is 4. The van der Waals surface area contributed by atoms with Crippen molar-refractivity contribution in [1.29, 1.82) is 0 Å². The van der Waals surface area contributed by atoms with Gasteiger partial charge in [0.2, 0.25) is 0 Å². The van der Waals surface area contributed by atoms with E-state index in [4.69, 9.17) is 9.47 Å². The molecule has 4 saturated carbocycles. The number of ether oxygens (including phenoxy) is 2. The molecule has 6 aromatic rings.